The zero-order chi connectivity index (χ0) is 20.8. The van der Waals surface area contributed by atoms with Gasteiger partial charge in [-0.3, -0.25) is 14.6 Å². The number of carbonyl (C=O) groups is 1. The number of aryl methyl sites for hydroxylation is 1. The van der Waals surface area contributed by atoms with E-state index in [1.807, 2.05) is 22.9 Å². The molecule has 0 saturated carbocycles. The summed E-state index contributed by atoms with van der Waals surface area (Å²) in [6, 6.07) is 13.4. The maximum absolute atomic E-state index is 13.8. The predicted molar refractivity (Wildman–Crippen MR) is 112 cm³/mol. The topological polar surface area (TPSA) is 36.0 Å². The molecule has 0 radical (unpaired) electrons. The van der Waals surface area contributed by atoms with Crippen molar-refractivity contribution < 1.29 is 13.9 Å². The lowest BCUT2D eigenvalue weighted by molar-refractivity contribution is -0.134. The second-order valence-corrected chi connectivity index (χ2v) is 7.72. The molecule has 0 aliphatic carbocycles. The Bertz CT molecular complexity index is 835. The van der Waals surface area contributed by atoms with Crippen molar-refractivity contribution in [3.05, 3.63) is 65.0 Å². The predicted octanol–water partition coefficient (Wildman–Crippen LogP) is 2.92. The highest BCUT2D eigenvalue weighted by Gasteiger charge is 2.22. The van der Waals surface area contributed by atoms with E-state index >= 15 is 0 Å². The second kappa shape index (κ2) is 9.85. The fraction of sp³-hybridized carbons (Fsp3) is 0.435. The molecule has 1 heterocycles. The second-order valence-electron chi connectivity index (χ2n) is 7.72. The molecule has 1 fully saturated rings. The van der Waals surface area contributed by atoms with Crippen LogP contribution in [0.2, 0.25) is 0 Å². The molecule has 0 spiro atoms. The van der Waals surface area contributed by atoms with E-state index in [4.69, 9.17) is 4.74 Å². The van der Waals surface area contributed by atoms with E-state index < -0.39 is 0 Å². The number of benzene rings is 2. The highest BCUT2D eigenvalue weighted by atomic mass is 19.1. The van der Waals surface area contributed by atoms with Gasteiger partial charge in [-0.25, -0.2) is 4.39 Å². The summed E-state index contributed by atoms with van der Waals surface area (Å²) in [6.45, 7) is 7.16. The van der Waals surface area contributed by atoms with Crippen LogP contribution >= 0.6 is 0 Å². The van der Waals surface area contributed by atoms with E-state index in [0.717, 1.165) is 38.3 Å². The monoisotopic (exact) mass is 399 g/mol. The number of likely N-dealkylation sites (N-methyl/N-ethyl adjacent to an activating group) is 1. The number of hydrogen-bond acceptors (Lipinski definition) is 4. The van der Waals surface area contributed by atoms with E-state index in [2.05, 4.69) is 36.1 Å². The highest BCUT2D eigenvalue weighted by molar-refractivity contribution is 5.78. The van der Waals surface area contributed by atoms with Crippen molar-refractivity contribution >= 4 is 5.91 Å². The third-order valence-corrected chi connectivity index (χ3v) is 5.45. The molecule has 6 heteroatoms. The molecule has 0 bridgehead atoms. The smallest absolute Gasteiger partial charge is 0.236 e. The summed E-state index contributed by atoms with van der Waals surface area (Å²) in [5, 5.41) is 0. The third-order valence-electron chi connectivity index (χ3n) is 5.45. The van der Waals surface area contributed by atoms with Crippen molar-refractivity contribution in [1.29, 1.82) is 0 Å². The molecule has 2 aromatic rings. The Morgan fingerprint density at radius 1 is 1.14 bits per heavy atom. The summed E-state index contributed by atoms with van der Waals surface area (Å²) in [5.41, 5.74) is 3.47. The van der Waals surface area contributed by atoms with Gasteiger partial charge in [0.2, 0.25) is 5.91 Å². The highest BCUT2D eigenvalue weighted by Crippen LogP contribution is 2.18. The van der Waals surface area contributed by atoms with E-state index in [1.165, 1.54) is 24.3 Å². The molecule has 1 amide bonds. The van der Waals surface area contributed by atoms with Crippen LogP contribution in [0, 0.1) is 12.7 Å². The van der Waals surface area contributed by atoms with Crippen molar-refractivity contribution in [1.82, 2.24) is 14.7 Å². The summed E-state index contributed by atoms with van der Waals surface area (Å²) in [5.74, 6) is -0.0254. The van der Waals surface area contributed by atoms with Crippen LogP contribution in [0.3, 0.4) is 0 Å². The summed E-state index contributed by atoms with van der Waals surface area (Å²) in [7, 11) is 3.33. The van der Waals surface area contributed by atoms with Gasteiger partial charge >= 0.3 is 0 Å². The third kappa shape index (κ3) is 5.78. The first-order valence-corrected chi connectivity index (χ1v) is 10.0. The van der Waals surface area contributed by atoms with Gasteiger partial charge < -0.3 is 9.64 Å². The van der Waals surface area contributed by atoms with Crippen molar-refractivity contribution in [2.45, 2.75) is 20.0 Å². The zero-order valence-electron chi connectivity index (χ0n) is 17.5. The fourth-order valence-corrected chi connectivity index (χ4v) is 3.69. The number of halogens is 1. The Morgan fingerprint density at radius 2 is 1.86 bits per heavy atom. The molecule has 29 heavy (non-hydrogen) atoms. The maximum atomic E-state index is 13.8. The van der Waals surface area contributed by atoms with Gasteiger partial charge in [-0.05, 0) is 42.8 Å². The van der Waals surface area contributed by atoms with Crippen LogP contribution in [0.15, 0.2) is 42.5 Å². The summed E-state index contributed by atoms with van der Waals surface area (Å²) >= 11 is 0. The Kier molecular flexibility index (Phi) is 7.23. The molecule has 0 atom stereocenters. The van der Waals surface area contributed by atoms with Crippen LogP contribution in [-0.4, -0.2) is 67.5 Å². The van der Waals surface area contributed by atoms with Crippen LogP contribution in [-0.2, 0) is 17.9 Å². The standard InChI is InChI=1S/C23H30FN3O2/c1-18-6-4-5-7-20(18)16-26-10-12-27(13-11-26)23(28)17-25(2)15-19-8-9-22(29-3)21(24)14-19/h4-9,14H,10-13,15-17H2,1-3H3. The van der Waals surface area contributed by atoms with E-state index in [1.54, 1.807) is 6.07 Å². The Morgan fingerprint density at radius 3 is 2.52 bits per heavy atom. The first-order valence-electron chi connectivity index (χ1n) is 10.0. The molecule has 1 saturated heterocycles. The Balaban J connectivity index is 1.45. The van der Waals surface area contributed by atoms with Crippen LogP contribution < -0.4 is 4.74 Å². The molecule has 0 N–H and O–H groups in total. The van der Waals surface area contributed by atoms with Crippen molar-refractivity contribution in [2.24, 2.45) is 0 Å². The number of carbonyl (C=O) groups excluding carboxylic acids is 1. The zero-order valence-corrected chi connectivity index (χ0v) is 17.5. The van der Waals surface area contributed by atoms with Gasteiger partial charge in [-0.15, -0.1) is 0 Å². The molecule has 5 nitrogen and oxygen atoms in total. The van der Waals surface area contributed by atoms with Crippen molar-refractivity contribution in [3.63, 3.8) is 0 Å². The van der Waals surface area contributed by atoms with Gasteiger partial charge in [0.15, 0.2) is 11.6 Å². The minimum absolute atomic E-state index is 0.122. The molecule has 0 aromatic heterocycles. The first-order chi connectivity index (χ1) is 14.0. The molecule has 156 valence electrons. The van der Waals surface area contributed by atoms with Gasteiger partial charge in [0.25, 0.3) is 0 Å². The number of ether oxygens (including phenoxy) is 1. The number of methoxy groups -OCH3 is 1. The normalized spacial score (nSPS) is 15.0. The molecule has 0 unspecified atom stereocenters. The molecule has 2 aromatic carbocycles. The number of hydrogen-bond donors (Lipinski definition) is 0. The average molecular weight is 400 g/mol. The van der Waals surface area contributed by atoms with Crippen molar-refractivity contribution in [3.8, 4) is 5.75 Å². The lowest BCUT2D eigenvalue weighted by Gasteiger charge is -2.35. The largest absolute Gasteiger partial charge is 0.494 e. The quantitative estimate of drug-likeness (QED) is 0.717. The van der Waals surface area contributed by atoms with Gasteiger partial charge in [-0.2, -0.15) is 0 Å². The molecular formula is C23H30FN3O2. The number of nitrogens with zero attached hydrogens (tertiary/aromatic N) is 3. The Hall–Kier alpha value is -2.44. The van der Waals surface area contributed by atoms with Gasteiger partial charge in [0.05, 0.1) is 13.7 Å². The summed E-state index contributed by atoms with van der Waals surface area (Å²) in [4.78, 5) is 18.9. The minimum atomic E-state index is -0.380. The van der Waals surface area contributed by atoms with Crippen molar-refractivity contribution in [2.75, 3.05) is 46.9 Å². The summed E-state index contributed by atoms with van der Waals surface area (Å²) in [6.07, 6.45) is 0. The van der Waals surface area contributed by atoms with Gasteiger partial charge in [0.1, 0.15) is 0 Å². The minimum Gasteiger partial charge on any atom is -0.494 e. The fourth-order valence-electron chi connectivity index (χ4n) is 3.69. The van der Waals surface area contributed by atoms with Gasteiger partial charge in [-0.1, -0.05) is 30.3 Å². The van der Waals surface area contributed by atoms with E-state index in [9.17, 15) is 9.18 Å². The van der Waals surface area contributed by atoms with E-state index in [0.29, 0.717) is 13.1 Å². The number of piperazine rings is 1. The Labute approximate surface area is 172 Å². The van der Waals surface area contributed by atoms with Crippen LogP contribution in [0.5, 0.6) is 5.75 Å². The SMILES string of the molecule is COc1ccc(CN(C)CC(=O)N2CCN(Cc3ccccc3C)CC2)cc1F. The van der Waals surface area contributed by atoms with Crippen LogP contribution in [0.1, 0.15) is 16.7 Å². The molecular weight excluding hydrogens is 369 g/mol. The van der Waals surface area contributed by atoms with Crippen LogP contribution in [0.4, 0.5) is 4.39 Å². The molecule has 3 rings (SSSR count). The van der Waals surface area contributed by atoms with Gasteiger partial charge in [0, 0.05) is 39.3 Å². The van der Waals surface area contributed by atoms with E-state index in [-0.39, 0.29) is 17.5 Å². The first kappa shape index (κ1) is 21.3. The maximum Gasteiger partial charge on any atom is 0.236 e. The average Bonchev–Trinajstić information content (AvgIpc) is 2.70. The lowest BCUT2D eigenvalue weighted by Crippen LogP contribution is -2.50. The molecule has 1 aliphatic rings. The molecule has 1 aliphatic heterocycles. The summed E-state index contributed by atoms with van der Waals surface area (Å²) < 4.78 is 18.8. The lowest BCUT2D eigenvalue weighted by atomic mass is 10.1. The number of amides is 1. The number of rotatable bonds is 7. The van der Waals surface area contributed by atoms with Crippen LogP contribution in [0.25, 0.3) is 0 Å².